The van der Waals surface area contributed by atoms with Crippen LogP contribution < -0.4 is 5.32 Å². The second-order valence-corrected chi connectivity index (χ2v) is 5.75. The molecule has 1 rings (SSSR count). The highest BCUT2D eigenvalue weighted by atomic mass is 19.1. The number of hydrogen-bond acceptors (Lipinski definition) is 2. The Morgan fingerprint density at radius 3 is 2.56 bits per heavy atom. The smallest absolute Gasteiger partial charge is 0.123 e. The van der Waals surface area contributed by atoms with Crippen LogP contribution in [0.5, 0.6) is 0 Å². The predicted octanol–water partition coefficient (Wildman–Crippen LogP) is 3.27. The average molecular weight is 253 g/mol. The van der Waals surface area contributed by atoms with Gasteiger partial charge in [0.2, 0.25) is 0 Å². The molecule has 2 N–H and O–H groups in total. The number of nitrogens with one attached hydrogen (secondary N) is 1. The number of halogens is 1. The van der Waals surface area contributed by atoms with Crippen LogP contribution in [0.3, 0.4) is 0 Å². The summed E-state index contributed by atoms with van der Waals surface area (Å²) in [5.41, 5.74) is 0.172. The molecule has 1 aromatic carbocycles. The van der Waals surface area contributed by atoms with Gasteiger partial charge >= 0.3 is 0 Å². The number of benzene rings is 1. The Balaban J connectivity index is 2.53. The van der Waals surface area contributed by atoms with Gasteiger partial charge in [-0.15, -0.1) is 0 Å². The van der Waals surface area contributed by atoms with E-state index in [2.05, 4.69) is 19.2 Å². The third-order valence-electron chi connectivity index (χ3n) is 2.99. The van der Waals surface area contributed by atoms with Crippen LogP contribution in [0.2, 0.25) is 0 Å². The maximum atomic E-state index is 13.1. The molecule has 0 saturated heterocycles. The first-order valence-electron chi connectivity index (χ1n) is 6.51. The first-order chi connectivity index (χ1) is 8.30. The van der Waals surface area contributed by atoms with Crippen LogP contribution >= 0.6 is 0 Å². The van der Waals surface area contributed by atoms with Crippen molar-refractivity contribution < 1.29 is 9.50 Å². The maximum absolute atomic E-state index is 13.1. The van der Waals surface area contributed by atoms with Gasteiger partial charge in [-0.3, -0.25) is 0 Å². The average Bonchev–Trinajstić information content (AvgIpc) is 2.24. The topological polar surface area (TPSA) is 32.3 Å². The molecule has 0 fully saturated rings. The summed E-state index contributed by atoms with van der Waals surface area (Å²) in [5, 5.41) is 13.5. The van der Waals surface area contributed by atoms with Gasteiger partial charge in [-0.1, -0.05) is 26.0 Å². The molecule has 0 radical (unpaired) electrons. The molecule has 2 unspecified atom stereocenters. The van der Waals surface area contributed by atoms with Crippen LogP contribution in [0.25, 0.3) is 0 Å². The van der Waals surface area contributed by atoms with Crippen molar-refractivity contribution in [2.45, 2.75) is 45.8 Å². The third-order valence-corrected chi connectivity index (χ3v) is 2.99. The van der Waals surface area contributed by atoms with Gasteiger partial charge in [-0.05, 0) is 43.9 Å². The molecule has 0 bridgehead atoms. The zero-order valence-corrected chi connectivity index (χ0v) is 11.7. The van der Waals surface area contributed by atoms with E-state index < -0.39 is 5.60 Å². The largest absolute Gasteiger partial charge is 0.389 e. The molecular formula is C15H24FNO. The number of hydrogen-bond donors (Lipinski definition) is 2. The van der Waals surface area contributed by atoms with Crippen molar-refractivity contribution in [1.29, 1.82) is 0 Å². The molecule has 0 saturated carbocycles. The van der Waals surface area contributed by atoms with E-state index >= 15 is 0 Å². The molecule has 0 aliphatic carbocycles. The van der Waals surface area contributed by atoms with E-state index in [4.69, 9.17) is 0 Å². The van der Waals surface area contributed by atoms with E-state index in [0.29, 0.717) is 12.5 Å². The van der Waals surface area contributed by atoms with Crippen molar-refractivity contribution in [2.24, 2.45) is 5.92 Å². The molecule has 0 heterocycles. The van der Waals surface area contributed by atoms with Gasteiger partial charge < -0.3 is 10.4 Å². The van der Waals surface area contributed by atoms with Crippen molar-refractivity contribution in [2.75, 3.05) is 6.54 Å². The lowest BCUT2D eigenvalue weighted by molar-refractivity contribution is 0.0363. The molecule has 0 spiro atoms. The molecular weight excluding hydrogens is 229 g/mol. The van der Waals surface area contributed by atoms with Crippen LogP contribution in [0.1, 0.15) is 45.7 Å². The van der Waals surface area contributed by atoms with Crippen LogP contribution in [0, 0.1) is 11.7 Å². The molecule has 0 amide bonds. The van der Waals surface area contributed by atoms with Gasteiger partial charge in [0.05, 0.1) is 5.60 Å². The molecule has 18 heavy (non-hydrogen) atoms. The standard InChI is InChI=1S/C15H24FNO/c1-11(2)9-15(4,18)10-17-12(3)13-6-5-7-14(16)8-13/h5-8,11-12,17-18H,9-10H2,1-4H3. The monoisotopic (exact) mass is 253 g/mol. The molecule has 102 valence electrons. The van der Waals surface area contributed by atoms with E-state index in [1.165, 1.54) is 12.1 Å². The highest BCUT2D eigenvalue weighted by Gasteiger charge is 2.22. The highest BCUT2D eigenvalue weighted by molar-refractivity contribution is 5.19. The van der Waals surface area contributed by atoms with Crippen LogP contribution in [0.15, 0.2) is 24.3 Å². The minimum Gasteiger partial charge on any atom is -0.389 e. The Labute approximate surface area is 109 Å². The maximum Gasteiger partial charge on any atom is 0.123 e. The first kappa shape index (κ1) is 15.1. The molecule has 0 aliphatic heterocycles. The van der Waals surface area contributed by atoms with E-state index in [1.54, 1.807) is 6.07 Å². The first-order valence-corrected chi connectivity index (χ1v) is 6.51. The summed E-state index contributed by atoms with van der Waals surface area (Å²) >= 11 is 0. The Morgan fingerprint density at radius 1 is 1.33 bits per heavy atom. The highest BCUT2D eigenvalue weighted by Crippen LogP contribution is 2.18. The fourth-order valence-electron chi connectivity index (χ4n) is 2.22. The van der Waals surface area contributed by atoms with Crippen molar-refractivity contribution >= 4 is 0 Å². The van der Waals surface area contributed by atoms with Crippen LogP contribution in [-0.2, 0) is 0 Å². The SMILES string of the molecule is CC(C)CC(C)(O)CNC(C)c1cccc(F)c1. The second-order valence-electron chi connectivity index (χ2n) is 5.75. The summed E-state index contributed by atoms with van der Waals surface area (Å²) in [5.74, 6) is 0.223. The van der Waals surface area contributed by atoms with Gasteiger partial charge in [0.15, 0.2) is 0 Å². The Hall–Kier alpha value is -0.930. The third kappa shape index (κ3) is 5.15. The van der Waals surface area contributed by atoms with E-state index in [9.17, 15) is 9.50 Å². The summed E-state index contributed by atoms with van der Waals surface area (Å²) in [6, 6.07) is 6.58. The van der Waals surface area contributed by atoms with E-state index in [0.717, 1.165) is 12.0 Å². The summed E-state index contributed by atoms with van der Waals surface area (Å²) in [6.07, 6.45) is 0.746. The van der Waals surface area contributed by atoms with Crippen LogP contribution in [-0.4, -0.2) is 17.3 Å². The summed E-state index contributed by atoms with van der Waals surface area (Å²) in [4.78, 5) is 0. The normalized spacial score (nSPS) is 16.6. The summed E-state index contributed by atoms with van der Waals surface area (Å²) in [6.45, 7) is 8.48. The van der Waals surface area contributed by atoms with Gasteiger partial charge in [-0.25, -0.2) is 4.39 Å². The lowest BCUT2D eigenvalue weighted by Gasteiger charge is -2.27. The Kier molecular flexibility index (Phi) is 5.29. The summed E-state index contributed by atoms with van der Waals surface area (Å²) in [7, 11) is 0. The quantitative estimate of drug-likeness (QED) is 0.815. The second kappa shape index (κ2) is 6.30. The van der Waals surface area contributed by atoms with Gasteiger partial charge in [0, 0.05) is 12.6 Å². The molecule has 2 atom stereocenters. The van der Waals surface area contributed by atoms with Crippen molar-refractivity contribution in [3.05, 3.63) is 35.6 Å². The van der Waals surface area contributed by atoms with Crippen molar-refractivity contribution in [3.8, 4) is 0 Å². The van der Waals surface area contributed by atoms with E-state index in [1.807, 2.05) is 19.9 Å². The molecule has 1 aromatic rings. The lowest BCUT2D eigenvalue weighted by Crippen LogP contribution is -2.39. The van der Waals surface area contributed by atoms with Crippen molar-refractivity contribution in [1.82, 2.24) is 5.32 Å². The number of aliphatic hydroxyl groups is 1. The molecule has 3 heteroatoms. The lowest BCUT2D eigenvalue weighted by atomic mass is 9.94. The zero-order valence-electron chi connectivity index (χ0n) is 11.7. The van der Waals surface area contributed by atoms with E-state index in [-0.39, 0.29) is 11.9 Å². The van der Waals surface area contributed by atoms with Crippen LogP contribution in [0.4, 0.5) is 4.39 Å². The minimum absolute atomic E-state index is 0.0272. The van der Waals surface area contributed by atoms with Gasteiger partial charge in [0.25, 0.3) is 0 Å². The molecule has 0 aliphatic rings. The number of rotatable bonds is 6. The fourth-order valence-corrected chi connectivity index (χ4v) is 2.22. The van der Waals surface area contributed by atoms with Gasteiger partial charge in [0.1, 0.15) is 5.82 Å². The minimum atomic E-state index is -0.726. The zero-order chi connectivity index (χ0) is 13.8. The van der Waals surface area contributed by atoms with Gasteiger partial charge in [-0.2, -0.15) is 0 Å². The Morgan fingerprint density at radius 2 is 2.00 bits per heavy atom. The Bertz CT molecular complexity index is 377. The molecule has 0 aromatic heterocycles. The summed E-state index contributed by atoms with van der Waals surface area (Å²) < 4.78 is 13.1. The van der Waals surface area contributed by atoms with Crippen molar-refractivity contribution in [3.63, 3.8) is 0 Å². The predicted molar refractivity (Wildman–Crippen MR) is 72.9 cm³/mol. The fraction of sp³-hybridized carbons (Fsp3) is 0.600. The molecule has 2 nitrogen and oxygen atoms in total.